The van der Waals surface area contributed by atoms with Gasteiger partial charge in [-0.3, -0.25) is 24.9 Å². The molecule has 1 unspecified atom stereocenters. The van der Waals surface area contributed by atoms with E-state index in [1.165, 1.54) is 4.90 Å². The molecule has 162 valence electrons. The van der Waals surface area contributed by atoms with E-state index in [0.717, 1.165) is 25.7 Å². The van der Waals surface area contributed by atoms with Gasteiger partial charge in [-0.15, -0.1) is 0 Å². The molecule has 2 N–H and O–H groups in total. The van der Waals surface area contributed by atoms with Crippen molar-refractivity contribution in [3.63, 3.8) is 0 Å². The highest BCUT2D eigenvalue weighted by Crippen LogP contribution is 2.34. The van der Waals surface area contributed by atoms with Gasteiger partial charge in [0.25, 0.3) is 5.91 Å². The Balaban J connectivity index is 1.62. The Labute approximate surface area is 169 Å². The van der Waals surface area contributed by atoms with Crippen molar-refractivity contribution < 1.29 is 33.9 Å². The average Bonchev–Trinajstić information content (AvgIpc) is 3.47. The van der Waals surface area contributed by atoms with Crippen LogP contribution in [0, 0.1) is 11.8 Å². The van der Waals surface area contributed by atoms with Gasteiger partial charge in [0.05, 0.1) is 25.7 Å². The Morgan fingerprint density at radius 2 is 1.97 bits per heavy atom. The topological polar surface area (TPSA) is 125 Å². The second kappa shape index (κ2) is 10.0. The number of hydroxylamine groups is 2. The molecule has 29 heavy (non-hydrogen) atoms. The van der Waals surface area contributed by atoms with Gasteiger partial charge < -0.3 is 14.4 Å². The number of imide groups is 1. The van der Waals surface area contributed by atoms with E-state index in [0.29, 0.717) is 44.1 Å². The lowest BCUT2D eigenvalue weighted by molar-refractivity contribution is -0.159. The van der Waals surface area contributed by atoms with Crippen molar-refractivity contribution in [2.45, 2.75) is 57.1 Å². The zero-order chi connectivity index (χ0) is 20.8. The first kappa shape index (κ1) is 21.5. The van der Waals surface area contributed by atoms with Crippen LogP contribution >= 0.6 is 0 Å². The third-order valence-corrected chi connectivity index (χ3v) is 6.02. The molecule has 10 nitrogen and oxygen atoms in total. The molecule has 3 aliphatic rings. The summed E-state index contributed by atoms with van der Waals surface area (Å²) in [6, 6.07) is -0.762. The van der Waals surface area contributed by atoms with Crippen molar-refractivity contribution in [2.75, 3.05) is 26.3 Å². The van der Waals surface area contributed by atoms with Gasteiger partial charge in [-0.25, -0.2) is 9.86 Å². The summed E-state index contributed by atoms with van der Waals surface area (Å²) in [4.78, 5) is 50.2. The Hall–Kier alpha value is -2.20. The molecular weight excluding hydrogens is 382 g/mol. The number of hydrogen-bond donors (Lipinski definition) is 2. The maximum atomic E-state index is 13.2. The molecule has 0 aromatic rings. The summed E-state index contributed by atoms with van der Waals surface area (Å²) in [6.45, 7) is 1.13. The predicted octanol–water partition coefficient (Wildman–Crippen LogP) is 0.673. The first-order valence-electron chi connectivity index (χ1n) is 10.3. The summed E-state index contributed by atoms with van der Waals surface area (Å²) in [6.07, 6.45) is 4.47. The molecule has 0 aromatic heterocycles. The molecule has 0 spiro atoms. The first-order valence-corrected chi connectivity index (χ1v) is 10.3. The van der Waals surface area contributed by atoms with Gasteiger partial charge >= 0.3 is 6.09 Å². The highest BCUT2D eigenvalue weighted by atomic mass is 16.6. The zero-order valence-electron chi connectivity index (χ0n) is 16.5. The fourth-order valence-corrected chi connectivity index (χ4v) is 4.52. The number of likely N-dealkylation sites (tertiary alicyclic amines) is 1. The van der Waals surface area contributed by atoms with Crippen LogP contribution in [0.1, 0.15) is 44.9 Å². The number of amides is 4. The number of alkyl carbamates (subject to hydrolysis) is 1. The Kier molecular flexibility index (Phi) is 7.43. The number of carbonyl (C=O) groups is 4. The second-order valence-corrected chi connectivity index (χ2v) is 7.95. The van der Waals surface area contributed by atoms with Crippen molar-refractivity contribution in [3.8, 4) is 0 Å². The summed E-state index contributed by atoms with van der Waals surface area (Å²) in [7, 11) is 0. The van der Waals surface area contributed by atoms with E-state index >= 15 is 0 Å². The zero-order valence-corrected chi connectivity index (χ0v) is 16.5. The van der Waals surface area contributed by atoms with Gasteiger partial charge in [0.1, 0.15) is 12.1 Å². The maximum Gasteiger partial charge on any atom is 0.414 e. The molecular formula is C19H29N3O7. The van der Waals surface area contributed by atoms with Gasteiger partial charge in [0.2, 0.25) is 12.3 Å². The van der Waals surface area contributed by atoms with Crippen molar-refractivity contribution in [2.24, 2.45) is 11.8 Å². The van der Waals surface area contributed by atoms with E-state index in [1.807, 2.05) is 0 Å². The Morgan fingerprint density at radius 1 is 1.21 bits per heavy atom. The van der Waals surface area contributed by atoms with Crippen LogP contribution in [0.2, 0.25) is 0 Å². The predicted molar refractivity (Wildman–Crippen MR) is 98.6 cm³/mol. The number of hydrogen-bond acceptors (Lipinski definition) is 7. The molecule has 4 amide bonds. The molecule has 10 heteroatoms. The lowest BCUT2D eigenvalue weighted by atomic mass is 9.89. The SMILES string of the molecule is O=CN(O)CC(C(=O)N1CCC[C@H]1C(=O)NC(=O)O[C@H]1CCOC1)C1CCCC1. The maximum absolute atomic E-state index is 13.2. The number of rotatable bonds is 7. The summed E-state index contributed by atoms with van der Waals surface area (Å²) in [5.41, 5.74) is 0. The van der Waals surface area contributed by atoms with Crippen LogP contribution < -0.4 is 5.32 Å². The van der Waals surface area contributed by atoms with E-state index in [4.69, 9.17) is 9.47 Å². The number of nitrogens with one attached hydrogen (secondary N) is 1. The normalized spacial score (nSPS) is 25.6. The molecule has 3 fully saturated rings. The minimum absolute atomic E-state index is 0.0637. The van der Waals surface area contributed by atoms with E-state index < -0.39 is 24.0 Å². The largest absolute Gasteiger partial charge is 0.443 e. The minimum Gasteiger partial charge on any atom is -0.443 e. The van der Waals surface area contributed by atoms with E-state index in [2.05, 4.69) is 5.32 Å². The van der Waals surface area contributed by atoms with E-state index in [1.54, 1.807) is 0 Å². The molecule has 2 heterocycles. The van der Waals surface area contributed by atoms with Crippen molar-refractivity contribution >= 4 is 24.3 Å². The summed E-state index contributed by atoms with van der Waals surface area (Å²) < 4.78 is 10.3. The van der Waals surface area contributed by atoms with Crippen LogP contribution in [0.15, 0.2) is 0 Å². The van der Waals surface area contributed by atoms with Crippen molar-refractivity contribution in [3.05, 3.63) is 0 Å². The van der Waals surface area contributed by atoms with Crippen LogP contribution in [0.4, 0.5) is 4.79 Å². The fourth-order valence-electron chi connectivity index (χ4n) is 4.52. The van der Waals surface area contributed by atoms with Crippen molar-refractivity contribution in [1.82, 2.24) is 15.3 Å². The highest BCUT2D eigenvalue weighted by molar-refractivity contribution is 5.97. The van der Waals surface area contributed by atoms with E-state index in [-0.39, 0.29) is 30.9 Å². The standard InChI is InChI=1S/C19H29N3O7/c23-12-21(27)10-15(13-4-1-2-5-13)18(25)22-8-3-6-16(22)17(24)20-19(26)29-14-7-9-28-11-14/h12-16,27H,1-11H2,(H,20,24,26)/t14-,15?,16-/m0/s1. The molecule has 3 atom stereocenters. The third kappa shape index (κ3) is 5.45. The Bertz CT molecular complexity index is 617. The lowest BCUT2D eigenvalue weighted by Gasteiger charge is -2.31. The smallest absolute Gasteiger partial charge is 0.414 e. The number of carbonyl (C=O) groups excluding carboxylic acids is 4. The van der Waals surface area contributed by atoms with Crippen LogP contribution in [0.5, 0.6) is 0 Å². The van der Waals surface area contributed by atoms with Gasteiger partial charge in [-0.2, -0.15) is 0 Å². The average molecular weight is 411 g/mol. The third-order valence-electron chi connectivity index (χ3n) is 6.02. The summed E-state index contributed by atoms with van der Waals surface area (Å²) >= 11 is 0. The second-order valence-electron chi connectivity index (χ2n) is 7.95. The molecule has 1 aliphatic carbocycles. The van der Waals surface area contributed by atoms with Gasteiger partial charge in [0, 0.05) is 13.0 Å². The van der Waals surface area contributed by atoms with Crippen LogP contribution in [0.3, 0.4) is 0 Å². The van der Waals surface area contributed by atoms with Gasteiger partial charge in [-0.1, -0.05) is 12.8 Å². The van der Waals surface area contributed by atoms with Crippen molar-refractivity contribution in [1.29, 1.82) is 0 Å². The molecule has 2 saturated heterocycles. The minimum atomic E-state index is -0.834. The lowest BCUT2D eigenvalue weighted by Crippen LogP contribution is -2.51. The van der Waals surface area contributed by atoms with Crippen LogP contribution in [-0.4, -0.2) is 77.9 Å². The summed E-state index contributed by atoms with van der Waals surface area (Å²) in [5.74, 6) is -1.33. The Morgan fingerprint density at radius 3 is 2.62 bits per heavy atom. The van der Waals surface area contributed by atoms with Crippen LogP contribution in [-0.2, 0) is 23.9 Å². The first-order chi connectivity index (χ1) is 14.0. The summed E-state index contributed by atoms with van der Waals surface area (Å²) in [5, 5.41) is 12.4. The quantitative estimate of drug-likeness (QED) is 0.358. The highest BCUT2D eigenvalue weighted by Gasteiger charge is 2.41. The fraction of sp³-hybridized carbons (Fsp3) is 0.789. The molecule has 0 bridgehead atoms. The van der Waals surface area contributed by atoms with Gasteiger partial charge in [0.15, 0.2) is 0 Å². The molecule has 0 radical (unpaired) electrons. The van der Waals surface area contributed by atoms with Gasteiger partial charge in [-0.05, 0) is 31.6 Å². The molecule has 0 aromatic carbocycles. The molecule has 1 saturated carbocycles. The van der Waals surface area contributed by atoms with E-state index in [9.17, 15) is 24.4 Å². The molecule has 3 rings (SSSR count). The number of ether oxygens (including phenoxy) is 2. The molecule has 2 aliphatic heterocycles. The monoisotopic (exact) mass is 411 g/mol. The van der Waals surface area contributed by atoms with Crippen LogP contribution in [0.25, 0.3) is 0 Å². The number of nitrogens with zero attached hydrogens (tertiary/aromatic N) is 2.